The Hall–Kier alpha value is -2.18. The first-order chi connectivity index (χ1) is 15.2. The average molecular weight is 479 g/mol. The van der Waals surface area contributed by atoms with Gasteiger partial charge in [0.05, 0.1) is 11.4 Å². The Bertz CT molecular complexity index is 1110. The van der Waals surface area contributed by atoms with Crippen molar-refractivity contribution in [2.45, 2.75) is 25.8 Å². The van der Waals surface area contributed by atoms with E-state index in [4.69, 9.17) is 4.98 Å². The van der Waals surface area contributed by atoms with Gasteiger partial charge in [-0.2, -0.15) is 0 Å². The number of amides is 1. The van der Waals surface area contributed by atoms with E-state index in [2.05, 4.69) is 72.7 Å². The SMILES string of the molecule is O=C(C1CCC1)N1CC2CN(Cc3c(-c4ccc(Br)cc4)nc4ccccn34)CC2C1. The first kappa shape index (κ1) is 19.5. The molecule has 1 aliphatic carbocycles. The minimum absolute atomic E-state index is 0.321. The molecule has 3 aromatic rings. The minimum atomic E-state index is 0.321. The van der Waals surface area contributed by atoms with Crippen LogP contribution in [0.1, 0.15) is 25.0 Å². The normalized spacial score (nSPS) is 24.0. The van der Waals surface area contributed by atoms with Crippen molar-refractivity contribution < 1.29 is 4.79 Å². The van der Waals surface area contributed by atoms with Gasteiger partial charge in [0, 0.05) is 54.9 Å². The summed E-state index contributed by atoms with van der Waals surface area (Å²) >= 11 is 3.54. The summed E-state index contributed by atoms with van der Waals surface area (Å²) in [7, 11) is 0. The highest BCUT2D eigenvalue weighted by Crippen LogP contribution is 2.36. The van der Waals surface area contributed by atoms with Crippen LogP contribution in [0.5, 0.6) is 0 Å². The van der Waals surface area contributed by atoms with Crippen LogP contribution in [0.2, 0.25) is 0 Å². The number of likely N-dealkylation sites (tertiary alicyclic amines) is 2. The summed E-state index contributed by atoms with van der Waals surface area (Å²) < 4.78 is 3.31. The van der Waals surface area contributed by atoms with Gasteiger partial charge >= 0.3 is 0 Å². The van der Waals surface area contributed by atoms with E-state index in [9.17, 15) is 4.79 Å². The van der Waals surface area contributed by atoms with E-state index in [-0.39, 0.29) is 0 Å². The van der Waals surface area contributed by atoms with Gasteiger partial charge in [-0.15, -0.1) is 0 Å². The van der Waals surface area contributed by atoms with Crippen LogP contribution in [0.3, 0.4) is 0 Å². The van der Waals surface area contributed by atoms with Crippen LogP contribution >= 0.6 is 15.9 Å². The van der Waals surface area contributed by atoms with Crippen molar-refractivity contribution in [2.75, 3.05) is 26.2 Å². The number of benzene rings is 1. The lowest BCUT2D eigenvalue weighted by atomic mass is 9.84. The van der Waals surface area contributed by atoms with Gasteiger partial charge in [0.25, 0.3) is 0 Å². The third kappa shape index (κ3) is 3.50. The molecule has 1 amide bonds. The molecule has 2 unspecified atom stereocenters. The second-order valence-electron chi connectivity index (χ2n) is 9.43. The highest BCUT2D eigenvalue weighted by Gasteiger charge is 2.43. The number of carbonyl (C=O) groups is 1. The maximum atomic E-state index is 12.7. The number of nitrogens with zero attached hydrogens (tertiary/aromatic N) is 4. The summed E-state index contributed by atoms with van der Waals surface area (Å²) in [6.45, 7) is 4.92. The van der Waals surface area contributed by atoms with E-state index >= 15 is 0 Å². The van der Waals surface area contributed by atoms with Gasteiger partial charge < -0.3 is 9.30 Å². The zero-order valence-corrected chi connectivity index (χ0v) is 19.2. The second kappa shape index (κ2) is 7.75. The number of aromatic nitrogens is 2. The Kier molecular flexibility index (Phi) is 4.87. The molecule has 6 heteroatoms. The molecule has 160 valence electrons. The Morgan fingerprint density at radius 2 is 1.74 bits per heavy atom. The van der Waals surface area contributed by atoms with Crippen LogP contribution in [-0.4, -0.2) is 51.3 Å². The fraction of sp³-hybridized carbons (Fsp3) is 0.440. The summed E-state index contributed by atoms with van der Waals surface area (Å²) in [5.74, 6) is 1.96. The molecular weight excluding hydrogens is 452 g/mol. The molecule has 2 atom stereocenters. The van der Waals surface area contributed by atoms with Gasteiger partial charge in [-0.1, -0.05) is 40.5 Å². The summed E-state index contributed by atoms with van der Waals surface area (Å²) in [6, 6.07) is 14.6. The second-order valence-corrected chi connectivity index (χ2v) is 10.3. The molecule has 3 aliphatic rings. The number of fused-ring (bicyclic) bond motifs is 2. The Morgan fingerprint density at radius 3 is 2.42 bits per heavy atom. The Balaban J connectivity index is 1.22. The van der Waals surface area contributed by atoms with Crippen molar-refractivity contribution in [2.24, 2.45) is 17.8 Å². The fourth-order valence-corrected chi connectivity index (χ4v) is 5.83. The summed E-state index contributed by atoms with van der Waals surface area (Å²) in [5, 5.41) is 0. The number of rotatable bonds is 4. The van der Waals surface area contributed by atoms with Crippen molar-refractivity contribution in [3.05, 3.63) is 58.8 Å². The topological polar surface area (TPSA) is 40.9 Å². The summed E-state index contributed by atoms with van der Waals surface area (Å²) in [4.78, 5) is 22.4. The lowest BCUT2D eigenvalue weighted by Gasteiger charge is -2.30. The lowest BCUT2D eigenvalue weighted by molar-refractivity contribution is -0.137. The highest BCUT2D eigenvalue weighted by molar-refractivity contribution is 9.10. The van der Waals surface area contributed by atoms with Crippen LogP contribution in [0, 0.1) is 17.8 Å². The predicted molar refractivity (Wildman–Crippen MR) is 125 cm³/mol. The molecule has 2 aliphatic heterocycles. The number of imidazole rings is 1. The monoisotopic (exact) mass is 478 g/mol. The molecule has 1 saturated carbocycles. The van der Waals surface area contributed by atoms with Crippen LogP contribution in [0.15, 0.2) is 53.1 Å². The zero-order valence-electron chi connectivity index (χ0n) is 17.6. The molecule has 3 fully saturated rings. The maximum Gasteiger partial charge on any atom is 0.225 e. The van der Waals surface area contributed by atoms with Crippen LogP contribution < -0.4 is 0 Å². The quantitative estimate of drug-likeness (QED) is 0.555. The van der Waals surface area contributed by atoms with Gasteiger partial charge in [0.1, 0.15) is 5.65 Å². The standard InChI is InChI=1S/C25H27BrN4O/c26-21-9-7-17(8-10-21)24-22(30-11-2-1-6-23(30)27-24)16-28-12-19-14-29(15-20(19)13-28)25(31)18-4-3-5-18/h1-2,6-11,18-20H,3-5,12-16H2. The first-order valence-electron chi connectivity index (χ1n) is 11.4. The number of pyridine rings is 1. The Labute approximate surface area is 191 Å². The average Bonchev–Trinajstić information content (AvgIpc) is 3.39. The number of hydrogen-bond acceptors (Lipinski definition) is 3. The van der Waals surface area contributed by atoms with Crippen molar-refractivity contribution in [3.63, 3.8) is 0 Å². The third-order valence-corrected chi connectivity index (χ3v) is 7.98. The number of hydrogen-bond donors (Lipinski definition) is 0. The third-order valence-electron chi connectivity index (χ3n) is 7.45. The molecule has 0 radical (unpaired) electrons. The van der Waals surface area contributed by atoms with E-state index in [1.54, 1.807) is 0 Å². The largest absolute Gasteiger partial charge is 0.342 e. The molecule has 2 aromatic heterocycles. The van der Waals surface area contributed by atoms with Gasteiger partial charge in [-0.25, -0.2) is 4.98 Å². The summed E-state index contributed by atoms with van der Waals surface area (Å²) in [6.07, 6.45) is 5.55. The molecular formula is C25H27BrN4O. The predicted octanol–water partition coefficient (Wildman–Crippen LogP) is 4.45. The number of halogens is 1. The molecule has 0 bridgehead atoms. The summed E-state index contributed by atoms with van der Waals surface area (Å²) in [5.41, 5.74) is 4.46. The van der Waals surface area contributed by atoms with Crippen LogP contribution in [0.25, 0.3) is 16.9 Å². The van der Waals surface area contributed by atoms with E-state index in [0.29, 0.717) is 23.7 Å². The zero-order chi connectivity index (χ0) is 20.9. The van der Waals surface area contributed by atoms with Crippen molar-refractivity contribution in [3.8, 4) is 11.3 Å². The minimum Gasteiger partial charge on any atom is -0.342 e. The fourth-order valence-electron chi connectivity index (χ4n) is 5.56. The van der Waals surface area contributed by atoms with Crippen LogP contribution in [-0.2, 0) is 11.3 Å². The van der Waals surface area contributed by atoms with E-state index in [1.165, 1.54) is 12.1 Å². The molecule has 5 nitrogen and oxygen atoms in total. The maximum absolute atomic E-state index is 12.7. The van der Waals surface area contributed by atoms with Gasteiger partial charge in [0.2, 0.25) is 5.91 Å². The molecule has 4 heterocycles. The molecule has 1 aromatic carbocycles. The van der Waals surface area contributed by atoms with Crippen molar-refractivity contribution >= 4 is 27.5 Å². The van der Waals surface area contributed by atoms with Gasteiger partial charge in [0.15, 0.2) is 0 Å². The van der Waals surface area contributed by atoms with E-state index in [1.807, 2.05) is 6.07 Å². The molecule has 2 saturated heterocycles. The molecule has 6 rings (SSSR count). The van der Waals surface area contributed by atoms with Crippen molar-refractivity contribution in [1.82, 2.24) is 19.2 Å². The van der Waals surface area contributed by atoms with E-state index in [0.717, 1.165) is 66.9 Å². The van der Waals surface area contributed by atoms with Crippen LogP contribution in [0.4, 0.5) is 0 Å². The number of carbonyl (C=O) groups excluding carboxylic acids is 1. The smallest absolute Gasteiger partial charge is 0.225 e. The molecule has 0 spiro atoms. The van der Waals surface area contributed by atoms with Gasteiger partial charge in [-0.3, -0.25) is 9.69 Å². The van der Waals surface area contributed by atoms with E-state index < -0.39 is 0 Å². The van der Waals surface area contributed by atoms with Gasteiger partial charge in [-0.05, 0) is 48.9 Å². The first-order valence-corrected chi connectivity index (χ1v) is 12.2. The Morgan fingerprint density at radius 1 is 1.00 bits per heavy atom. The molecule has 0 N–H and O–H groups in total. The molecule has 31 heavy (non-hydrogen) atoms. The van der Waals surface area contributed by atoms with Crippen molar-refractivity contribution in [1.29, 1.82) is 0 Å². The highest BCUT2D eigenvalue weighted by atomic mass is 79.9. The lowest BCUT2D eigenvalue weighted by Crippen LogP contribution is -2.39.